The molecule has 0 fully saturated rings. The normalized spacial score (nSPS) is 11.9. The van der Waals surface area contributed by atoms with Crippen molar-refractivity contribution in [3.05, 3.63) is 40.6 Å². The van der Waals surface area contributed by atoms with Gasteiger partial charge in [0.1, 0.15) is 11.6 Å². The summed E-state index contributed by atoms with van der Waals surface area (Å²) in [5.41, 5.74) is 0.525. The van der Waals surface area contributed by atoms with E-state index in [1.165, 1.54) is 25.4 Å². The molecule has 2 N–H and O–H groups in total. The molecule has 21 heavy (non-hydrogen) atoms. The first-order valence-corrected chi connectivity index (χ1v) is 6.05. The molecule has 2 aromatic rings. The number of benzene rings is 1. The number of anilines is 1. The topological polar surface area (TPSA) is 115 Å². The smallest absolute Gasteiger partial charge is 0.330 e. The summed E-state index contributed by atoms with van der Waals surface area (Å²) in [6.07, 6.45) is 1.39. The van der Waals surface area contributed by atoms with Crippen LogP contribution in [0.15, 0.2) is 30.5 Å². The Morgan fingerprint density at radius 3 is 2.90 bits per heavy atom. The molecule has 8 heteroatoms. The van der Waals surface area contributed by atoms with Crippen molar-refractivity contribution >= 4 is 28.2 Å². The molecule has 0 aliphatic rings. The number of esters is 1. The molecule has 0 saturated heterocycles. The van der Waals surface area contributed by atoms with Gasteiger partial charge in [-0.3, -0.25) is 10.1 Å². The lowest BCUT2D eigenvalue weighted by molar-refractivity contribution is -0.383. The lowest BCUT2D eigenvalue weighted by Crippen LogP contribution is -2.34. The van der Waals surface area contributed by atoms with E-state index in [4.69, 9.17) is 0 Å². The zero-order valence-corrected chi connectivity index (χ0v) is 11.1. The molecule has 0 saturated carbocycles. The van der Waals surface area contributed by atoms with Crippen molar-refractivity contribution in [1.29, 1.82) is 0 Å². The summed E-state index contributed by atoms with van der Waals surface area (Å²) in [6, 6.07) is 5.13. The zero-order chi connectivity index (χ0) is 15.4. The number of nitrogens with zero attached hydrogens (tertiary/aromatic N) is 2. The van der Waals surface area contributed by atoms with Crippen LogP contribution < -0.4 is 5.32 Å². The van der Waals surface area contributed by atoms with E-state index in [9.17, 15) is 20.0 Å². The van der Waals surface area contributed by atoms with Gasteiger partial charge in [-0.25, -0.2) is 9.78 Å². The number of fused-ring (bicyclic) bond motifs is 1. The van der Waals surface area contributed by atoms with Gasteiger partial charge in [0.15, 0.2) is 0 Å². The average Bonchev–Trinajstić information content (AvgIpc) is 2.51. The number of non-ortho nitro benzene ring substituents is 1. The van der Waals surface area contributed by atoms with E-state index in [0.29, 0.717) is 11.1 Å². The molecule has 8 nitrogen and oxygen atoms in total. The third kappa shape index (κ3) is 2.90. The number of para-hydroxylation sites is 1. The third-order valence-corrected chi connectivity index (χ3v) is 2.94. The maximum absolute atomic E-state index is 11.5. The van der Waals surface area contributed by atoms with E-state index in [0.717, 1.165) is 0 Å². The van der Waals surface area contributed by atoms with Crippen molar-refractivity contribution in [3.63, 3.8) is 0 Å². The maximum Gasteiger partial charge on any atom is 0.330 e. The standard InChI is InChI=1S/C13H13N3O5/c1-21-13(18)10(7-17)15-9-5-6-14-12-8(9)3-2-4-11(12)16(19)20/h2-6,10,17H,7H2,1H3,(H,14,15). The van der Waals surface area contributed by atoms with Crippen molar-refractivity contribution in [3.8, 4) is 0 Å². The number of aromatic nitrogens is 1. The number of carbonyl (C=O) groups is 1. The molecule has 110 valence electrons. The summed E-state index contributed by atoms with van der Waals surface area (Å²) in [5.74, 6) is -0.632. The Kier molecular flexibility index (Phi) is 4.29. The van der Waals surface area contributed by atoms with Crippen LogP contribution in [0.3, 0.4) is 0 Å². The highest BCUT2D eigenvalue weighted by atomic mass is 16.6. The van der Waals surface area contributed by atoms with Gasteiger partial charge < -0.3 is 15.2 Å². The largest absolute Gasteiger partial charge is 0.467 e. The molecule has 0 amide bonds. The molecule has 1 atom stereocenters. The van der Waals surface area contributed by atoms with Gasteiger partial charge in [0, 0.05) is 23.3 Å². The molecule has 1 unspecified atom stereocenters. The minimum Gasteiger partial charge on any atom is -0.467 e. The van der Waals surface area contributed by atoms with Gasteiger partial charge in [0.05, 0.1) is 18.6 Å². The summed E-state index contributed by atoms with van der Waals surface area (Å²) in [6.45, 7) is -0.467. The van der Waals surface area contributed by atoms with Crippen molar-refractivity contribution in [2.75, 3.05) is 19.0 Å². The number of ether oxygens (including phenoxy) is 1. The molecule has 2 rings (SSSR count). The van der Waals surface area contributed by atoms with Gasteiger partial charge >= 0.3 is 5.97 Å². The fourth-order valence-corrected chi connectivity index (χ4v) is 1.94. The highest BCUT2D eigenvalue weighted by Gasteiger charge is 2.20. The Morgan fingerprint density at radius 2 is 2.29 bits per heavy atom. The number of pyridine rings is 1. The van der Waals surface area contributed by atoms with Gasteiger partial charge in [-0.05, 0) is 6.07 Å². The van der Waals surface area contributed by atoms with Crippen LogP contribution in [0.1, 0.15) is 0 Å². The van der Waals surface area contributed by atoms with Gasteiger partial charge in [0.2, 0.25) is 0 Å². The number of hydrogen-bond donors (Lipinski definition) is 2. The number of rotatable bonds is 5. The van der Waals surface area contributed by atoms with E-state index in [2.05, 4.69) is 15.0 Å². The number of carbonyl (C=O) groups excluding carboxylic acids is 1. The number of aliphatic hydroxyl groups is 1. The predicted molar refractivity (Wildman–Crippen MR) is 74.9 cm³/mol. The fraction of sp³-hybridized carbons (Fsp3) is 0.231. The molecular formula is C13H13N3O5. The maximum atomic E-state index is 11.5. The minimum atomic E-state index is -0.958. The molecule has 1 aromatic carbocycles. The highest BCUT2D eigenvalue weighted by molar-refractivity contribution is 5.97. The number of methoxy groups -OCH3 is 1. The van der Waals surface area contributed by atoms with Crippen molar-refractivity contribution < 1.29 is 19.6 Å². The average molecular weight is 291 g/mol. The number of nitrogens with one attached hydrogen (secondary N) is 1. The summed E-state index contributed by atoms with van der Waals surface area (Å²) in [7, 11) is 1.21. The Hall–Kier alpha value is -2.74. The van der Waals surface area contributed by atoms with Gasteiger partial charge in [-0.2, -0.15) is 0 Å². The van der Waals surface area contributed by atoms with E-state index >= 15 is 0 Å². The first-order valence-electron chi connectivity index (χ1n) is 6.05. The summed E-state index contributed by atoms with van der Waals surface area (Å²) < 4.78 is 4.56. The molecule has 0 aliphatic carbocycles. The van der Waals surface area contributed by atoms with Crippen LogP contribution in [0.25, 0.3) is 10.9 Å². The Morgan fingerprint density at radius 1 is 1.52 bits per heavy atom. The first-order chi connectivity index (χ1) is 10.1. The fourth-order valence-electron chi connectivity index (χ4n) is 1.94. The number of hydrogen-bond acceptors (Lipinski definition) is 7. The molecule has 0 radical (unpaired) electrons. The van der Waals surface area contributed by atoms with Crippen molar-refractivity contribution in [2.24, 2.45) is 0 Å². The van der Waals surface area contributed by atoms with E-state index in [-0.39, 0.29) is 11.2 Å². The van der Waals surface area contributed by atoms with Crippen LogP contribution in [0.4, 0.5) is 11.4 Å². The van der Waals surface area contributed by atoms with Crippen LogP contribution in [0, 0.1) is 10.1 Å². The first kappa shape index (κ1) is 14.7. The minimum absolute atomic E-state index is 0.130. The van der Waals surface area contributed by atoms with Crippen LogP contribution in [0.5, 0.6) is 0 Å². The van der Waals surface area contributed by atoms with E-state index in [1.807, 2.05) is 0 Å². The van der Waals surface area contributed by atoms with Gasteiger partial charge in [-0.1, -0.05) is 12.1 Å². The van der Waals surface area contributed by atoms with E-state index in [1.54, 1.807) is 12.1 Å². The van der Waals surface area contributed by atoms with Crippen LogP contribution in [0.2, 0.25) is 0 Å². The quantitative estimate of drug-likeness (QED) is 0.481. The van der Waals surface area contributed by atoms with Crippen LogP contribution >= 0.6 is 0 Å². The number of aliphatic hydroxyl groups excluding tert-OH is 1. The Bertz CT molecular complexity index is 689. The second-order valence-electron chi connectivity index (χ2n) is 4.19. The second kappa shape index (κ2) is 6.14. The lowest BCUT2D eigenvalue weighted by Gasteiger charge is -2.16. The zero-order valence-electron chi connectivity index (χ0n) is 11.1. The summed E-state index contributed by atoms with van der Waals surface area (Å²) in [4.78, 5) is 26.0. The van der Waals surface area contributed by atoms with E-state index < -0.39 is 23.5 Å². The van der Waals surface area contributed by atoms with Crippen molar-refractivity contribution in [2.45, 2.75) is 6.04 Å². The molecule has 1 aromatic heterocycles. The number of nitro groups is 1. The number of nitro benzene ring substituents is 1. The molecule has 0 bridgehead atoms. The molecule has 0 aliphatic heterocycles. The summed E-state index contributed by atoms with van der Waals surface area (Å²) in [5, 5.41) is 23.5. The molecule has 0 spiro atoms. The van der Waals surface area contributed by atoms with Crippen molar-refractivity contribution in [1.82, 2.24) is 4.98 Å². The second-order valence-corrected chi connectivity index (χ2v) is 4.19. The van der Waals surface area contributed by atoms with Gasteiger partial charge in [-0.15, -0.1) is 0 Å². The molecule has 1 heterocycles. The predicted octanol–water partition coefficient (Wildman–Crippen LogP) is 1.09. The van der Waals surface area contributed by atoms with Crippen LogP contribution in [-0.2, 0) is 9.53 Å². The Labute approximate surface area is 119 Å². The lowest BCUT2D eigenvalue weighted by atomic mass is 10.1. The summed E-state index contributed by atoms with van der Waals surface area (Å²) >= 11 is 0. The molecular weight excluding hydrogens is 278 g/mol. The SMILES string of the molecule is COC(=O)C(CO)Nc1ccnc2c([N+](=O)[O-])cccc12. The highest BCUT2D eigenvalue weighted by Crippen LogP contribution is 2.28. The Balaban J connectivity index is 2.48. The van der Waals surface area contributed by atoms with Gasteiger partial charge in [0.25, 0.3) is 5.69 Å². The monoisotopic (exact) mass is 291 g/mol. The van der Waals surface area contributed by atoms with Crippen LogP contribution in [-0.4, -0.2) is 40.7 Å². The third-order valence-electron chi connectivity index (χ3n) is 2.94.